The minimum atomic E-state index is -0.0559. The predicted octanol–water partition coefficient (Wildman–Crippen LogP) is 1.10. The molecule has 0 aromatic heterocycles. The number of rotatable bonds is 10. The summed E-state index contributed by atoms with van der Waals surface area (Å²) in [6.45, 7) is 6.03. The molecule has 20 heavy (non-hydrogen) atoms. The molecule has 5 nitrogen and oxygen atoms in total. The van der Waals surface area contributed by atoms with Crippen molar-refractivity contribution in [3.8, 4) is 5.75 Å². The van der Waals surface area contributed by atoms with E-state index in [9.17, 15) is 4.79 Å². The largest absolute Gasteiger partial charge is 0.489 e. The molecule has 0 aliphatic heterocycles. The van der Waals surface area contributed by atoms with Crippen molar-refractivity contribution < 1.29 is 14.3 Å². The van der Waals surface area contributed by atoms with Crippen LogP contribution >= 0.6 is 0 Å². The van der Waals surface area contributed by atoms with E-state index >= 15 is 0 Å². The average molecular weight is 278 g/mol. The fourth-order valence-corrected chi connectivity index (χ4v) is 1.57. The van der Waals surface area contributed by atoms with E-state index in [0.29, 0.717) is 26.3 Å². The molecule has 0 aliphatic rings. The Morgan fingerprint density at radius 1 is 1.40 bits per heavy atom. The number of nitrogens with one attached hydrogen (secondary N) is 2. The standard InChI is InChI=1S/C15H22N2O3/c1-3-9-20-14-7-5-4-6-13(14)11-17-15(18)12-16-8-10-19-2/h3-7,16H,1,8-12H2,2H3,(H,17,18). The van der Waals surface area contributed by atoms with E-state index in [4.69, 9.17) is 9.47 Å². The fourth-order valence-electron chi connectivity index (χ4n) is 1.57. The lowest BCUT2D eigenvalue weighted by Crippen LogP contribution is -2.34. The van der Waals surface area contributed by atoms with Gasteiger partial charge in [0.25, 0.3) is 0 Å². The minimum absolute atomic E-state index is 0.0559. The Labute approximate surface area is 120 Å². The molecule has 5 heteroatoms. The van der Waals surface area contributed by atoms with E-state index in [0.717, 1.165) is 11.3 Å². The lowest BCUT2D eigenvalue weighted by molar-refractivity contribution is -0.120. The summed E-state index contributed by atoms with van der Waals surface area (Å²) in [5.41, 5.74) is 0.944. The van der Waals surface area contributed by atoms with E-state index in [1.54, 1.807) is 13.2 Å². The third-order valence-corrected chi connectivity index (χ3v) is 2.57. The predicted molar refractivity (Wildman–Crippen MR) is 78.7 cm³/mol. The van der Waals surface area contributed by atoms with Crippen LogP contribution in [0.15, 0.2) is 36.9 Å². The third-order valence-electron chi connectivity index (χ3n) is 2.57. The van der Waals surface area contributed by atoms with Crippen LogP contribution in [0.25, 0.3) is 0 Å². The zero-order valence-corrected chi connectivity index (χ0v) is 11.9. The summed E-state index contributed by atoms with van der Waals surface area (Å²) in [5, 5.41) is 5.83. The summed E-state index contributed by atoms with van der Waals surface area (Å²) in [5.74, 6) is 0.708. The average Bonchev–Trinajstić information content (AvgIpc) is 2.48. The van der Waals surface area contributed by atoms with Crippen LogP contribution in [-0.2, 0) is 16.1 Å². The molecule has 0 atom stereocenters. The number of hydrogen-bond acceptors (Lipinski definition) is 4. The quantitative estimate of drug-likeness (QED) is 0.497. The van der Waals surface area contributed by atoms with Crippen molar-refractivity contribution in [2.24, 2.45) is 0 Å². The summed E-state index contributed by atoms with van der Waals surface area (Å²) in [6, 6.07) is 7.62. The fraction of sp³-hybridized carbons (Fsp3) is 0.400. The van der Waals surface area contributed by atoms with Gasteiger partial charge in [-0.05, 0) is 6.07 Å². The van der Waals surface area contributed by atoms with Crippen LogP contribution in [-0.4, -0.2) is 39.3 Å². The number of para-hydroxylation sites is 1. The van der Waals surface area contributed by atoms with Gasteiger partial charge >= 0.3 is 0 Å². The molecule has 0 bridgehead atoms. The Morgan fingerprint density at radius 2 is 2.20 bits per heavy atom. The molecule has 0 radical (unpaired) electrons. The Hall–Kier alpha value is -1.85. The highest BCUT2D eigenvalue weighted by Crippen LogP contribution is 2.17. The first-order chi connectivity index (χ1) is 9.77. The van der Waals surface area contributed by atoms with E-state index in [2.05, 4.69) is 17.2 Å². The highest BCUT2D eigenvalue weighted by molar-refractivity contribution is 5.78. The minimum Gasteiger partial charge on any atom is -0.489 e. The zero-order chi connectivity index (χ0) is 14.6. The summed E-state index contributed by atoms with van der Waals surface area (Å²) in [6.07, 6.45) is 1.69. The van der Waals surface area contributed by atoms with Crippen molar-refractivity contribution in [3.05, 3.63) is 42.5 Å². The molecule has 2 N–H and O–H groups in total. The molecule has 0 heterocycles. The van der Waals surface area contributed by atoms with Gasteiger partial charge in [-0.25, -0.2) is 0 Å². The number of hydrogen-bond donors (Lipinski definition) is 2. The first kappa shape index (κ1) is 16.2. The van der Waals surface area contributed by atoms with Gasteiger partial charge in [0, 0.05) is 25.8 Å². The number of methoxy groups -OCH3 is 1. The van der Waals surface area contributed by atoms with Crippen molar-refractivity contribution in [3.63, 3.8) is 0 Å². The van der Waals surface area contributed by atoms with E-state index < -0.39 is 0 Å². The SMILES string of the molecule is C=CCOc1ccccc1CNC(=O)CNCCOC. The van der Waals surface area contributed by atoms with Gasteiger partial charge < -0.3 is 20.1 Å². The third kappa shape index (κ3) is 6.36. The molecule has 0 saturated carbocycles. The summed E-state index contributed by atoms with van der Waals surface area (Å²) in [7, 11) is 1.63. The summed E-state index contributed by atoms with van der Waals surface area (Å²) in [4.78, 5) is 11.6. The van der Waals surface area contributed by atoms with Crippen LogP contribution in [0.5, 0.6) is 5.75 Å². The Kier molecular flexibility index (Phi) is 8.10. The van der Waals surface area contributed by atoms with E-state index in [1.807, 2.05) is 24.3 Å². The smallest absolute Gasteiger partial charge is 0.234 e. The van der Waals surface area contributed by atoms with Crippen LogP contribution < -0.4 is 15.4 Å². The zero-order valence-electron chi connectivity index (χ0n) is 11.9. The van der Waals surface area contributed by atoms with Gasteiger partial charge in [-0.2, -0.15) is 0 Å². The lowest BCUT2D eigenvalue weighted by Gasteiger charge is -2.11. The number of ether oxygens (including phenoxy) is 2. The molecule has 1 rings (SSSR count). The van der Waals surface area contributed by atoms with E-state index in [-0.39, 0.29) is 12.5 Å². The lowest BCUT2D eigenvalue weighted by atomic mass is 10.2. The second kappa shape index (κ2) is 10.00. The van der Waals surface area contributed by atoms with Crippen molar-refractivity contribution in [1.29, 1.82) is 0 Å². The number of carbonyl (C=O) groups excluding carboxylic acids is 1. The molecular formula is C15H22N2O3. The van der Waals surface area contributed by atoms with Gasteiger partial charge in [0.05, 0.1) is 13.2 Å². The van der Waals surface area contributed by atoms with Crippen LogP contribution in [0.4, 0.5) is 0 Å². The van der Waals surface area contributed by atoms with Crippen molar-refractivity contribution in [2.75, 3.05) is 33.4 Å². The molecule has 1 amide bonds. The van der Waals surface area contributed by atoms with E-state index in [1.165, 1.54) is 0 Å². The summed E-state index contributed by atoms with van der Waals surface area (Å²) < 4.78 is 10.4. The Morgan fingerprint density at radius 3 is 2.95 bits per heavy atom. The second-order valence-electron chi connectivity index (χ2n) is 4.15. The molecule has 1 aromatic rings. The first-order valence-corrected chi connectivity index (χ1v) is 6.56. The summed E-state index contributed by atoms with van der Waals surface area (Å²) >= 11 is 0. The van der Waals surface area contributed by atoms with Crippen molar-refractivity contribution in [1.82, 2.24) is 10.6 Å². The van der Waals surface area contributed by atoms with Gasteiger partial charge in [-0.15, -0.1) is 0 Å². The molecule has 1 aromatic carbocycles. The number of amides is 1. The van der Waals surface area contributed by atoms with Gasteiger partial charge in [-0.3, -0.25) is 4.79 Å². The molecule has 0 saturated heterocycles. The normalized spacial score (nSPS) is 10.1. The molecule has 110 valence electrons. The van der Waals surface area contributed by atoms with Crippen LogP contribution in [0.2, 0.25) is 0 Å². The van der Waals surface area contributed by atoms with Gasteiger partial charge in [0.2, 0.25) is 5.91 Å². The van der Waals surface area contributed by atoms with Crippen molar-refractivity contribution in [2.45, 2.75) is 6.54 Å². The Balaban J connectivity index is 2.36. The van der Waals surface area contributed by atoms with Crippen LogP contribution in [0.3, 0.4) is 0 Å². The maximum absolute atomic E-state index is 11.6. The maximum atomic E-state index is 11.6. The van der Waals surface area contributed by atoms with Gasteiger partial charge in [0.1, 0.15) is 12.4 Å². The van der Waals surface area contributed by atoms with Crippen LogP contribution in [0, 0.1) is 0 Å². The molecule has 0 fully saturated rings. The maximum Gasteiger partial charge on any atom is 0.234 e. The molecule has 0 aliphatic carbocycles. The highest BCUT2D eigenvalue weighted by Gasteiger charge is 2.05. The van der Waals surface area contributed by atoms with Crippen molar-refractivity contribution >= 4 is 5.91 Å². The number of carbonyl (C=O) groups is 1. The molecule has 0 unspecified atom stereocenters. The molecule has 0 spiro atoms. The van der Waals surface area contributed by atoms with Gasteiger partial charge in [0.15, 0.2) is 0 Å². The number of benzene rings is 1. The second-order valence-corrected chi connectivity index (χ2v) is 4.15. The molecular weight excluding hydrogens is 256 g/mol. The topological polar surface area (TPSA) is 59.6 Å². The highest BCUT2D eigenvalue weighted by atomic mass is 16.5. The Bertz CT molecular complexity index is 421. The first-order valence-electron chi connectivity index (χ1n) is 6.56. The van der Waals surface area contributed by atoms with Gasteiger partial charge in [-0.1, -0.05) is 30.9 Å². The monoisotopic (exact) mass is 278 g/mol. The van der Waals surface area contributed by atoms with Crippen LogP contribution in [0.1, 0.15) is 5.56 Å².